The van der Waals surface area contributed by atoms with Crippen molar-refractivity contribution >= 4 is 5.91 Å². The second-order valence-corrected chi connectivity index (χ2v) is 8.50. The zero-order valence-corrected chi connectivity index (χ0v) is 19.3. The van der Waals surface area contributed by atoms with E-state index in [2.05, 4.69) is 39.8 Å². The maximum Gasteiger partial charge on any atom is 0.251 e. The molecule has 2 aliphatic heterocycles. The molecule has 0 unspecified atom stereocenters. The highest BCUT2D eigenvalue weighted by Gasteiger charge is 2.17. The van der Waals surface area contributed by atoms with Crippen molar-refractivity contribution in [1.29, 1.82) is 0 Å². The Kier molecular flexibility index (Phi) is 6.65. The molecule has 3 aromatic rings. The zero-order valence-electron chi connectivity index (χ0n) is 19.3. The predicted molar refractivity (Wildman–Crippen MR) is 130 cm³/mol. The van der Waals surface area contributed by atoms with Gasteiger partial charge in [0.25, 0.3) is 5.91 Å². The van der Waals surface area contributed by atoms with Crippen molar-refractivity contribution in [2.45, 2.75) is 13.1 Å². The number of benzene rings is 3. The van der Waals surface area contributed by atoms with Crippen LogP contribution < -0.4 is 24.8 Å². The maximum atomic E-state index is 12.6. The van der Waals surface area contributed by atoms with E-state index in [-0.39, 0.29) is 12.7 Å². The summed E-state index contributed by atoms with van der Waals surface area (Å²) in [5, 5.41) is 6.40. The number of fused-ring (bicyclic) bond motifs is 1. The van der Waals surface area contributed by atoms with Crippen LogP contribution in [-0.2, 0) is 13.1 Å². The second-order valence-electron chi connectivity index (χ2n) is 8.50. The maximum absolute atomic E-state index is 12.6. The fourth-order valence-corrected chi connectivity index (χ4v) is 4.37. The first-order valence-corrected chi connectivity index (χ1v) is 11.6. The molecule has 2 heterocycles. The van der Waals surface area contributed by atoms with Gasteiger partial charge in [-0.2, -0.15) is 0 Å². The third-order valence-corrected chi connectivity index (χ3v) is 6.23. The van der Waals surface area contributed by atoms with Crippen molar-refractivity contribution in [2.75, 3.05) is 40.1 Å². The summed E-state index contributed by atoms with van der Waals surface area (Å²) in [6.07, 6.45) is 0. The molecule has 7 nitrogen and oxygen atoms in total. The number of methoxy groups -OCH3 is 1. The Bertz CT molecular complexity index is 1170. The number of carbonyl (C=O) groups excluding carboxylic acids is 1. The van der Waals surface area contributed by atoms with Crippen molar-refractivity contribution in [3.05, 3.63) is 77.4 Å². The first-order chi connectivity index (χ1) is 16.7. The third kappa shape index (κ3) is 5.00. The van der Waals surface area contributed by atoms with Crippen LogP contribution in [0.25, 0.3) is 11.1 Å². The largest absolute Gasteiger partial charge is 0.496 e. The van der Waals surface area contributed by atoms with Crippen LogP contribution in [0.3, 0.4) is 0 Å². The smallest absolute Gasteiger partial charge is 0.251 e. The molecule has 0 bridgehead atoms. The van der Waals surface area contributed by atoms with E-state index < -0.39 is 0 Å². The van der Waals surface area contributed by atoms with E-state index in [4.69, 9.17) is 14.2 Å². The van der Waals surface area contributed by atoms with E-state index in [1.54, 1.807) is 25.3 Å². The van der Waals surface area contributed by atoms with Crippen molar-refractivity contribution in [2.24, 2.45) is 0 Å². The van der Waals surface area contributed by atoms with E-state index in [0.29, 0.717) is 23.6 Å². The van der Waals surface area contributed by atoms with Gasteiger partial charge in [0.2, 0.25) is 6.79 Å². The summed E-state index contributed by atoms with van der Waals surface area (Å²) in [6.45, 7) is 5.59. The summed E-state index contributed by atoms with van der Waals surface area (Å²) in [5.41, 5.74) is 5.01. The molecule has 176 valence electrons. The number of piperazine rings is 1. The lowest BCUT2D eigenvalue weighted by atomic mass is 10.00. The van der Waals surface area contributed by atoms with E-state index in [0.717, 1.165) is 55.2 Å². The van der Waals surface area contributed by atoms with Crippen molar-refractivity contribution < 1.29 is 19.0 Å². The Morgan fingerprint density at radius 3 is 2.68 bits per heavy atom. The first-order valence-electron chi connectivity index (χ1n) is 11.6. The van der Waals surface area contributed by atoms with Gasteiger partial charge in [-0.05, 0) is 53.1 Å². The SMILES string of the molecule is COc1ccc(-c2cccc(CNC(=O)c3ccc4c(c3)OCO4)c2)cc1CN1CCNCC1. The molecule has 7 heteroatoms. The average Bonchev–Trinajstić information content (AvgIpc) is 3.36. The van der Waals surface area contributed by atoms with Crippen LogP contribution in [-0.4, -0.2) is 50.9 Å². The van der Waals surface area contributed by atoms with E-state index in [1.165, 1.54) is 5.56 Å². The standard InChI is InChI=1S/C27H29N3O4/c1-32-24-7-5-21(14-23(24)17-30-11-9-28-10-12-30)20-4-2-3-19(13-20)16-29-27(31)22-6-8-25-26(15-22)34-18-33-25/h2-8,13-15,28H,9-12,16-18H2,1H3,(H,29,31). The monoisotopic (exact) mass is 459 g/mol. The zero-order chi connectivity index (χ0) is 23.3. The van der Waals surface area contributed by atoms with Gasteiger partial charge in [0.15, 0.2) is 11.5 Å². The minimum Gasteiger partial charge on any atom is -0.496 e. The first kappa shape index (κ1) is 22.3. The molecular formula is C27H29N3O4. The van der Waals surface area contributed by atoms with Crippen molar-refractivity contribution in [3.8, 4) is 28.4 Å². The van der Waals surface area contributed by atoms with Crippen LogP contribution in [0.2, 0.25) is 0 Å². The molecule has 0 aromatic heterocycles. The summed E-state index contributed by atoms with van der Waals surface area (Å²) >= 11 is 0. The van der Waals surface area contributed by atoms with Crippen molar-refractivity contribution in [1.82, 2.24) is 15.5 Å². The fourth-order valence-electron chi connectivity index (χ4n) is 4.37. The van der Waals surface area contributed by atoms with Crippen LogP contribution in [0.15, 0.2) is 60.7 Å². The molecule has 0 aliphatic carbocycles. The van der Waals surface area contributed by atoms with Crippen LogP contribution in [0.5, 0.6) is 17.2 Å². The lowest BCUT2D eigenvalue weighted by Gasteiger charge is -2.28. The number of carbonyl (C=O) groups is 1. The van der Waals surface area contributed by atoms with Crippen molar-refractivity contribution in [3.63, 3.8) is 0 Å². The third-order valence-electron chi connectivity index (χ3n) is 6.23. The van der Waals surface area contributed by atoms with Gasteiger partial charge in [0.05, 0.1) is 7.11 Å². The van der Waals surface area contributed by atoms with Gasteiger partial charge in [-0.1, -0.05) is 24.3 Å². The molecule has 2 aliphatic rings. The molecule has 0 atom stereocenters. The minimum absolute atomic E-state index is 0.147. The Hall–Kier alpha value is -3.55. The van der Waals surface area contributed by atoms with E-state index in [9.17, 15) is 4.79 Å². The Morgan fingerprint density at radius 2 is 1.82 bits per heavy atom. The number of nitrogens with one attached hydrogen (secondary N) is 2. The number of rotatable bonds is 7. The fraction of sp³-hybridized carbons (Fsp3) is 0.296. The lowest BCUT2D eigenvalue weighted by molar-refractivity contribution is 0.0950. The topological polar surface area (TPSA) is 72.1 Å². The number of nitrogens with zero attached hydrogens (tertiary/aromatic N) is 1. The molecule has 1 fully saturated rings. The van der Waals surface area contributed by atoms with Gasteiger partial charge in [0, 0.05) is 50.4 Å². The average molecular weight is 460 g/mol. The number of hydrogen-bond acceptors (Lipinski definition) is 6. The Labute approximate surface area is 199 Å². The van der Waals surface area contributed by atoms with Gasteiger partial charge in [0.1, 0.15) is 5.75 Å². The second kappa shape index (κ2) is 10.2. The normalized spacial score (nSPS) is 15.2. The molecule has 34 heavy (non-hydrogen) atoms. The molecular weight excluding hydrogens is 430 g/mol. The van der Waals surface area contributed by atoms with Gasteiger partial charge < -0.3 is 24.8 Å². The number of ether oxygens (including phenoxy) is 3. The minimum atomic E-state index is -0.147. The highest BCUT2D eigenvalue weighted by Crippen LogP contribution is 2.32. The van der Waals surface area contributed by atoms with Crippen LogP contribution >= 0.6 is 0 Å². The van der Waals surface area contributed by atoms with Crippen LogP contribution in [0, 0.1) is 0 Å². The molecule has 1 saturated heterocycles. The summed E-state index contributed by atoms with van der Waals surface area (Å²) < 4.78 is 16.3. The Balaban J connectivity index is 1.28. The lowest BCUT2D eigenvalue weighted by Crippen LogP contribution is -2.42. The quantitative estimate of drug-likeness (QED) is 0.564. The molecule has 0 spiro atoms. The highest BCUT2D eigenvalue weighted by atomic mass is 16.7. The van der Waals surface area contributed by atoms with Crippen LogP contribution in [0.4, 0.5) is 0 Å². The Morgan fingerprint density at radius 1 is 1.00 bits per heavy atom. The van der Waals surface area contributed by atoms with Gasteiger partial charge in [-0.25, -0.2) is 0 Å². The number of amides is 1. The van der Waals surface area contributed by atoms with Gasteiger partial charge in [-0.3, -0.25) is 9.69 Å². The molecule has 0 saturated carbocycles. The molecule has 5 rings (SSSR count). The van der Waals surface area contributed by atoms with Gasteiger partial charge >= 0.3 is 0 Å². The summed E-state index contributed by atoms with van der Waals surface area (Å²) in [7, 11) is 1.72. The van der Waals surface area contributed by atoms with E-state index >= 15 is 0 Å². The summed E-state index contributed by atoms with van der Waals surface area (Å²) in [6, 6.07) is 19.8. The summed E-state index contributed by atoms with van der Waals surface area (Å²) in [4.78, 5) is 15.1. The summed E-state index contributed by atoms with van der Waals surface area (Å²) in [5.74, 6) is 2.03. The molecule has 0 radical (unpaired) electrons. The predicted octanol–water partition coefficient (Wildman–Crippen LogP) is 3.43. The highest BCUT2D eigenvalue weighted by molar-refractivity contribution is 5.94. The van der Waals surface area contributed by atoms with Gasteiger partial charge in [-0.15, -0.1) is 0 Å². The molecule has 3 aromatic carbocycles. The molecule has 2 N–H and O–H groups in total. The molecule has 1 amide bonds. The number of hydrogen-bond donors (Lipinski definition) is 2. The van der Waals surface area contributed by atoms with Crippen LogP contribution in [0.1, 0.15) is 21.5 Å². The van der Waals surface area contributed by atoms with E-state index in [1.807, 2.05) is 18.2 Å².